The fraction of sp³-hybridized carbons (Fsp3) is 0.0833. The Morgan fingerprint density at radius 2 is 1.37 bits per heavy atom. The molecule has 1 aromatic heterocycles. The molecule has 0 fully saturated rings. The molecule has 30 heavy (non-hydrogen) atoms. The number of hydrogen-bond donors (Lipinski definition) is 2. The van der Waals surface area contributed by atoms with Crippen LogP contribution in [0.1, 0.15) is 16.8 Å². The second-order valence-electron chi connectivity index (χ2n) is 6.81. The standard InChI is InChI=1S/C24H20N4O2/c29-24(30)22(16-18-11-5-2-6-12-18)27-28-23-21(15-17-9-3-1-4-10-17)25-19-13-7-8-14-20(19)26-23/h1-14H,15-16H2,(H,26,28)(H,29,30)/b27-22+. The van der Waals surface area contributed by atoms with Gasteiger partial charge in [-0.15, -0.1) is 0 Å². The molecule has 1 heterocycles. The maximum atomic E-state index is 11.7. The van der Waals surface area contributed by atoms with E-state index >= 15 is 0 Å². The van der Waals surface area contributed by atoms with Crippen LogP contribution in [0.4, 0.5) is 5.82 Å². The quantitative estimate of drug-likeness (QED) is 0.359. The van der Waals surface area contributed by atoms with Crippen LogP contribution in [-0.2, 0) is 17.6 Å². The van der Waals surface area contributed by atoms with Crippen molar-refractivity contribution in [2.24, 2.45) is 5.10 Å². The minimum atomic E-state index is -1.08. The number of nitrogens with zero attached hydrogens (tertiary/aromatic N) is 3. The second kappa shape index (κ2) is 8.96. The summed E-state index contributed by atoms with van der Waals surface area (Å²) in [7, 11) is 0. The van der Waals surface area contributed by atoms with Crippen molar-refractivity contribution >= 4 is 28.5 Å². The lowest BCUT2D eigenvalue weighted by Gasteiger charge is -2.10. The van der Waals surface area contributed by atoms with E-state index in [-0.39, 0.29) is 12.1 Å². The summed E-state index contributed by atoms with van der Waals surface area (Å²) in [6, 6.07) is 26.9. The van der Waals surface area contributed by atoms with Crippen molar-refractivity contribution in [2.45, 2.75) is 12.8 Å². The number of hydrazone groups is 1. The minimum absolute atomic E-state index is 0.00168. The van der Waals surface area contributed by atoms with Gasteiger partial charge in [-0.25, -0.2) is 14.8 Å². The van der Waals surface area contributed by atoms with Crippen LogP contribution in [0.25, 0.3) is 11.0 Å². The van der Waals surface area contributed by atoms with Gasteiger partial charge in [0.25, 0.3) is 0 Å². The summed E-state index contributed by atoms with van der Waals surface area (Å²) in [6.07, 6.45) is 0.760. The van der Waals surface area contributed by atoms with E-state index in [1.165, 1.54) is 0 Å². The third kappa shape index (κ3) is 4.67. The first-order valence-corrected chi connectivity index (χ1v) is 9.58. The van der Waals surface area contributed by atoms with Gasteiger partial charge in [-0.2, -0.15) is 5.10 Å². The number of benzene rings is 3. The fourth-order valence-electron chi connectivity index (χ4n) is 3.11. The maximum Gasteiger partial charge on any atom is 0.352 e. The summed E-state index contributed by atoms with van der Waals surface area (Å²) in [5, 5.41) is 13.7. The molecule has 0 amide bonds. The Bertz CT molecular complexity index is 1190. The number of carboxylic acids is 1. The van der Waals surface area contributed by atoms with E-state index in [0.717, 1.165) is 16.6 Å². The summed E-state index contributed by atoms with van der Waals surface area (Å²) >= 11 is 0. The van der Waals surface area contributed by atoms with E-state index in [1.54, 1.807) is 0 Å². The van der Waals surface area contributed by atoms with Gasteiger partial charge in [0, 0.05) is 12.8 Å². The zero-order valence-electron chi connectivity index (χ0n) is 16.2. The Hall–Kier alpha value is -4.06. The van der Waals surface area contributed by atoms with Crippen molar-refractivity contribution in [1.29, 1.82) is 0 Å². The molecule has 0 unspecified atom stereocenters. The third-order valence-corrected chi connectivity index (χ3v) is 4.62. The SMILES string of the molecule is O=C(O)/C(Cc1ccccc1)=N/Nc1nc2ccccc2nc1Cc1ccccc1. The highest BCUT2D eigenvalue weighted by Gasteiger charge is 2.13. The van der Waals surface area contributed by atoms with Crippen LogP contribution in [0.5, 0.6) is 0 Å². The Labute approximate surface area is 173 Å². The highest BCUT2D eigenvalue weighted by atomic mass is 16.4. The van der Waals surface area contributed by atoms with Gasteiger partial charge < -0.3 is 5.11 Å². The first-order valence-electron chi connectivity index (χ1n) is 9.58. The van der Waals surface area contributed by atoms with Gasteiger partial charge in [0.1, 0.15) is 5.71 Å². The highest BCUT2D eigenvalue weighted by Crippen LogP contribution is 2.20. The fourth-order valence-corrected chi connectivity index (χ4v) is 3.11. The second-order valence-corrected chi connectivity index (χ2v) is 6.81. The molecule has 0 aliphatic heterocycles. The van der Waals surface area contributed by atoms with Gasteiger partial charge in [-0.05, 0) is 23.3 Å². The molecule has 3 aromatic carbocycles. The van der Waals surface area contributed by atoms with Crippen LogP contribution in [0.2, 0.25) is 0 Å². The van der Waals surface area contributed by atoms with Crippen LogP contribution in [0.15, 0.2) is 90.0 Å². The number of rotatable bonds is 7. The molecule has 148 valence electrons. The zero-order chi connectivity index (χ0) is 20.8. The Balaban J connectivity index is 1.68. The maximum absolute atomic E-state index is 11.7. The number of hydrogen-bond acceptors (Lipinski definition) is 5. The smallest absolute Gasteiger partial charge is 0.352 e. The molecule has 4 rings (SSSR count). The third-order valence-electron chi connectivity index (χ3n) is 4.62. The first kappa shape index (κ1) is 19.3. The minimum Gasteiger partial charge on any atom is -0.477 e. The predicted molar refractivity (Wildman–Crippen MR) is 118 cm³/mol. The lowest BCUT2D eigenvalue weighted by Crippen LogP contribution is -2.18. The van der Waals surface area contributed by atoms with Crippen molar-refractivity contribution in [3.63, 3.8) is 0 Å². The first-order chi connectivity index (χ1) is 14.7. The zero-order valence-corrected chi connectivity index (χ0v) is 16.2. The molecule has 6 nitrogen and oxygen atoms in total. The van der Waals surface area contributed by atoms with E-state index in [1.807, 2.05) is 84.9 Å². The molecule has 0 spiro atoms. The van der Waals surface area contributed by atoms with Crippen molar-refractivity contribution in [3.05, 3.63) is 102 Å². The van der Waals surface area contributed by atoms with Gasteiger partial charge in [0.2, 0.25) is 0 Å². The van der Waals surface area contributed by atoms with Gasteiger partial charge >= 0.3 is 5.97 Å². The van der Waals surface area contributed by atoms with E-state index < -0.39 is 5.97 Å². The number of carbonyl (C=O) groups is 1. The van der Waals surface area contributed by atoms with E-state index in [9.17, 15) is 9.90 Å². The lowest BCUT2D eigenvalue weighted by molar-refractivity contribution is -0.129. The largest absolute Gasteiger partial charge is 0.477 e. The van der Waals surface area contributed by atoms with E-state index in [0.29, 0.717) is 23.4 Å². The van der Waals surface area contributed by atoms with Crippen LogP contribution >= 0.6 is 0 Å². The summed E-state index contributed by atoms with van der Waals surface area (Å²) < 4.78 is 0. The van der Waals surface area contributed by atoms with Crippen LogP contribution in [0, 0.1) is 0 Å². The van der Waals surface area contributed by atoms with Crippen molar-refractivity contribution in [2.75, 3.05) is 5.43 Å². The van der Waals surface area contributed by atoms with Gasteiger partial charge in [-0.1, -0.05) is 72.8 Å². The molecule has 0 atom stereocenters. The summed E-state index contributed by atoms with van der Waals surface area (Å²) in [6.45, 7) is 0. The molecule has 0 aliphatic carbocycles. The average Bonchev–Trinajstić information content (AvgIpc) is 2.78. The van der Waals surface area contributed by atoms with Crippen LogP contribution < -0.4 is 5.43 Å². The van der Waals surface area contributed by atoms with Gasteiger partial charge in [0.15, 0.2) is 5.82 Å². The number of aromatic nitrogens is 2. The van der Waals surface area contributed by atoms with Crippen molar-refractivity contribution in [1.82, 2.24) is 9.97 Å². The average molecular weight is 396 g/mol. The number of aliphatic carboxylic acids is 1. The van der Waals surface area contributed by atoms with Crippen molar-refractivity contribution in [3.8, 4) is 0 Å². The molecule has 0 saturated heterocycles. The Kier molecular flexibility index (Phi) is 5.75. The molecule has 2 N–H and O–H groups in total. The van der Waals surface area contributed by atoms with Crippen molar-refractivity contribution < 1.29 is 9.90 Å². The lowest BCUT2D eigenvalue weighted by atomic mass is 10.1. The number of nitrogens with one attached hydrogen (secondary N) is 1. The molecule has 0 saturated carbocycles. The molecule has 4 aromatic rings. The van der Waals surface area contributed by atoms with Crippen LogP contribution in [-0.4, -0.2) is 26.8 Å². The molecular formula is C24H20N4O2. The predicted octanol–water partition coefficient (Wildman–Crippen LogP) is 4.32. The van der Waals surface area contributed by atoms with Gasteiger partial charge in [0.05, 0.1) is 16.7 Å². The number of fused-ring (bicyclic) bond motifs is 1. The molecule has 0 bridgehead atoms. The highest BCUT2D eigenvalue weighted by molar-refractivity contribution is 6.36. The Morgan fingerprint density at radius 3 is 2.00 bits per heavy atom. The molecule has 0 aliphatic rings. The summed E-state index contributed by atoms with van der Waals surface area (Å²) in [5.41, 5.74) is 7.01. The molecule has 0 radical (unpaired) electrons. The number of carboxylic acid groups (broad SMARTS) is 1. The summed E-state index contributed by atoms with van der Waals surface area (Å²) in [4.78, 5) is 21.1. The van der Waals surface area contributed by atoms with Crippen LogP contribution in [0.3, 0.4) is 0 Å². The Morgan fingerprint density at radius 1 is 0.800 bits per heavy atom. The topological polar surface area (TPSA) is 87.5 Å². The molecule has 6 heteroatoms. The molecular weight excluding hydrogens is 376 g/mol. The van der Waals surface area contributed by atoms with Gasteiger partial charge in [-0.3, -0.25) is 5.43 Å². The van der Waals surface area contributed by atoms with E-state index in [4.69, 9.17) is 4.98 Å². The summed E-state index contributed by atoms with van der Waals surface area (Å²) in [5.74, 6) is -0.630. The van der Waals surface area contributed by atoms with E-state index in [2.05, 4.69) is 15.5 Å². The monoisotopic (exact) mass is 396 g/mol. The number of para-hydroxylation sites is 2. The normalized spacial score (nSPS) is 11.4. The number of anilines is 1.